The van der Waals surface area contributed by atoms with E-state index in [1.54, 1.807) is 47.0 Å². The number of benzene rings is 2. The summed E-state index contributed by atoms with van der Waals surface area (Å²) in [6.07, 6.45) is 6.16. The van der Waals surface area contributed by atoms with E-state index in [4.69, 9.17) is 0 Å². The van der Waals surface area contributed by atoms with Crippen LogP contribution in [0, 0.1) is 0 Å². The molecule has 0 unspecified atom stereocenters. The highest BCUT2D eigenvalue weighted by Crippen LogP contribution is 2.54. The first-order valence-electron chi connectivity index (χ1n) is 10.2. The molecule has 0 radical (unpaired) electrons. The lowest BCUT2D eigenvalue weighted by molar-refractivity contribution is 0.111. The van der Waals surface area contributed by atoms with Crippen molar-refractivity contribution in [2.24, 2.45) is 0 Å². The molecule has 0 aliphatic carbocycles. The molecule has 2 nitrogen and oxygen atoms in total. The summed E-state index contributed by atoms with van der Waals surface area (Å²) in [4.78, 5) is 31.8. The maximum absolute atomic E-state index is 11.7. The normalized spacial score (nSPS) is 14.1. The highest BCUT2D eigenvalue weighted by atomic mass is 32.2. The number of hydrogen-bond donors (Lipinski definition) is 0. The number of thioether (sulfide) groups is 4. The highest BCUT2D eigenvalue weighted by molar-refractivity contribution is 8.25. The molecule has 0 amide bonds. The van der Waals surface area contributed by atoms with E-state index in [1.165, 1.54) is 50.7 Å². The van der Waals surface area contributed by atoms with Gasteiger partial charge >= 0.3 is 0 Å². The minimum atomic E-state index is 0.682. The van der Waals surface area contributed by atoms with E-state index in [2.05, 4.69) is 60.7 Å². The van der Waals surface area contributed by atoms with Crippen molar-refractivity contribution in [1.82, 2.24) is 0 Å². The van der Waals surface area contributed by atoms with Gasteiger partial charge < -0.3 is 0 Å². The van der Waals surface area contributed by atoms with Gasteiger partial charge in [0.25, 0.3) is 0 Å². The van der Waals surface area contributed by atoms with Crippen LogP contribution in [0.1, 0.15) is 29.1 Å². The quantitative estimate of drug-likeness (QED) is 0.230. The zero-order valence-corrected chi connectivity index (χ0v) is 22.2. The summed E-state index contributed by atoms with van der Waals surface area (Å²) in [5.41, 5.74) is 2.00. The number of thiophene rings is 2. The van der Waals surface area contributed by atoms with Gasteiger partial charge in [-0.15, -0.1) is 22.7 Å². The van der Waals surface area contributed by atoms with Crippen LogP contribution in [0.2, 0.25) is 0 Å². The summed E-state index contributed by atoms with van der Waals surface area (Å²) in [6, 6.07) is 20.7. The molecule has 0 bridgehead atoms. The number of fused-ring (bicyclic) bond motifs is 2. The van der Waals surface area contributed by atoms with Gasteiger partial charge in [-0.05, 0) is 48.6 Å². The third-order valence-electron chi connectivity index (χ3n) is 5.12. The molecule has 2 aliphatic rings. The van der Waals surface area contributed by atoms with Gasteiger partial charge in [0.05, 0.1) is 18.2 Å². The topological polar surface area (TPSA) is 34.1 Å². The van der Waals surface area contributed by atoms with Crippen molar-refractivity contribution in [1.29, 1.82) is 0 Å². The number of carbonyl (C=O) groups excluding carboxylic acids is 2. The second kappa shape index (κ2) is 9.60. The van der Waals surface area contributed by atoms with E-state index in [0.29, 0.717) is 9.75 Å². The summed E-state index contributed by atoms with van der Waals surface area (Å²) < 4.78 is 2.37. The Morgan fingerprint density at radius 1 is 0.529 bits per heavy atom. The molecule has 166 valence electrons. The van der Waals surface area contributed by atoms with Gasteiger partial charge in [-0.2, -0.15) is 0 Å². The van der Waals surface area contributed by atoms with Gasteiger partial charge in [0.1, 0.15) is 0 Å². The molecule has 0 fully saturated rings. The van der Waals surface area contributed by atoms with Crippen molar-refractivity contribution in [3.05, 3.63) is 88.6 Å². The molecule has 0 atom stereocenters. The van der Waals surface area contributed by atoms with Gasteiger partial charge in [-0.25, -0.2) is 0 Å². The first-order chi connectivity index (χ1) is 16.7. The predicted molar refractivity (Wildman–Crippen MR) is 151 cm³/mol. The number of carbonyl (C=O) groups is 2. The standard InChI is InChI=1S/C26H14O2S6/c27-13-15-9-17(23(29-15)11-25-31-19-5-1-2-6-20(19)32-25)18-10-16(14-28)30-24(18)12-26-33-21-7-3-4-8-22(21)34-26/h1-14H. The van der Waals surface area contributed by atoms with E-state index in [9.17, 15) is 9.59 Å². The maximum atomic E-state index is 11.7. The summed E-state index contributed by atoms with van der Waals surface area (Å²) in [5.74, 6) is 0. The molecule has 0 saturated heterocycles. The SMILES string of the molecule is O=Cc1cc(-c2cc(C=O)sc2C=C2Sc3ccccc3S2)c(C=C2Sc3ccccc3S2)s1. The van der Waals surface area contributed by atoms with Crippen molar-refractivity contribution in [2.75, 3.05) is 0 Å². The largest absolute Gasteiger partial charge is 0.297 e. The molecule has 0 N–H and O–H groups in total. The summed E-state index contributed by atoms with van der Waals surface area (Å²) >= 11 is 10.0. The molecule has 4 heterocycles. The summed E-state index contributed by atoms with van der Waals surface area (Å²) in [7, 11) is 0. The molecule has 0 spiro atoms. The Balaban J connectivity index is 1.40. The number of rotatable bonds is 5. The Morgan fingerprint density at radius 3 is 1.21 bits per heavy atom. The second-order valence-electron chi connectivity index (χ2n) is 7.32. The Kier molecular flexibility index (Phi) is 6.36. The molecule has 2 aliphatic heterocycles. The summed E-state index contributed by atoms with van der Waals surface area (Å²) in [5, 5.41) is 0. The minimum absolute atomic E-state index is 0.682. The van der Waals surface area contributed by atoms with Crippen LogP contribution < -0.4 is 0 Å². The second-order valence-corrected chi connectivity index (χ2v) is 14.4. The zero-order chi connectivity index (χ0) is 23.1. The van der Waals surface area contributed by atoms with E-state index >= 15 is 0 Å². The van der Waals surface area contributed by atoms with Gasteiger partial charge in [0.2, 0.25) is 0 Å². The molecule has 8 heteroatoms. The lowest BCUT2D eigenvalue weighted by Crippen LogP contribution is -1.78. The van der Waals surface area contributed by atoms with Crippen molar-refractivity contribution in [2.45, 2.75) is 19.6 Å². The Hall–Kier alpha value is -1.94. The van der Waals surface area contributed by atoms with E-state index < -0.39 is 0 Å². The smallest absolute Gasteiger partial charge is 0.160 e. The third-order valence-corrected chi connectivity index (χ3v) is 12.0. The Morgan fingerprint density at radius 2 is 0.882 bits per heavy atom. The van der Waals surface area contributed by atoms with Crippen LogP contribution in [0.25, 0.3) is 23.3 Å². The molecule has 2 aromatic carbocycles. The van der Waals surface area contributed by atoms with E-state index in [-0.39, 0.29) is 0 Å². The number of hydrogen-bond acceptors (Lipinski definition) is 8. The fourth-order valence-electron chi connectivity index (χ4n) is 3.65. The van der Waals surface area contributed by atoms with Crippen LogP contribution in [0.15, 0.2) is 88.7 Å². The fourth-order valence-corrected chi connectivity index (χ4v) is 10.6. The monoisotopic (exact) mass is 550 g/mol. The zero-order valence-electron chi connectivity index (χ0n) is 17.3. The average Bonchev–Trinajstić information content (AvgIpc) is 3.62. The maximum Gasteiger partial charge on any atom is 0.160 e. The Bertz CT molecular complexity index is 1340. The van der Waals surface area contributed by atoms with Crippen molar-refractivity contribution < 1.29 is 9.59 Å². The van der Waals surface area contributed by atoms with Crippen LogP contribution >= 0.6 is 69.7 Å². The van der Waals surface area contributed by atoms with Gasteiger partial charge in [0.15, 0.2) is 12.6 Å². The minimum Gasteiger partial charge on any atom is -0.297 e. The predicted octanol–water partition coefficient (Wildman–Crippen LogP) is 9.49. The molecule has 0 saturated carbocycles. The number of aldehydes is 2. The highest BCUT2D eigenvalue weighted by Gasteiger charge is 2.22. The van der Waals surface area contributed by atoms with E-state index in [1.807, 2.05) is 12.1 Å². The molecule has 4 aromatic rings. The van der Waals surface area contributed by atoms with Crippen molar-refractivity contribution in [3.63, 3.8) is 0 Å². The lowest BCUT2D eigenvalue weighted by atomic mass is 10.1. The van der Waals surface area contributed by atoms with Crippen molar-refractivity contribution in [3.8, 4) is 11.1 Å². The Labute approximate surface area is 221 Å². The summed E-state index contributed by atoms with van der Waals surface area (Å²) in [6.45, 7) is 0. The molecular weight excluding hydrogens is 537 g/mol. The van der Waals surface area contributed by atoms with Crippen LogP contribution in [0.3, 0.4) is 0 Å². The first-order valence-corrected chi connectivity index (χ1v) is 15.1. The van der Waals surface area contributed by atoms with Crippen molar-refractivity contribution >= 4 is 94.4 Å². The van der Waals surface area contributed by atoms with Gasteiger partial charge in [0, 0.05) is 40.5 Å². The van der Waals surface area contributed by atoms with Gasteiger partial charge in [-0.3, -0.25) is 9.59 Å². The molecule has 2 aromatic heterocycles. The fraction of sp³-hybridized carbons (Fsp3) is 0. The lowest BCUT2D eigenvalue weighted by Gasteiger charge is -2.02. The van der Waals surface area contributed by atoms with Gasteiger partial charge in [-0.1, -0.05) is 71.3 Å². The van der Waals surface area contributed by atoms with E-state index in [0.717, 1.165) is 33.5 Å². The average molecular weight is 551 g/mol. The van der Waals surface area contributed by atoms with Crippen LogP contribution in [-0.4, -0.2) is 12.6 Å². The van der Waals surface area contributed by atoms with Crippen LogP contribution in [0.4, 0.5) is 0 Å². The molecule has 34 heavy (non-hydrogen) atoms. The van der Waals surface area contributed by atoms with Crippen LogP contribution in [0.5, 0.6) is 0 Å². The van der Waals surface area contributed by atoms with Crippen LogP contribution in [-0.2, 0) is 0 Å². The first kappa shape index (κ1) is 22.5. The molecular formula is C26H14O2S6. The third kappa shape index (κ3) is 4.39. The molecule has 6 rings (SSSR count).